The van der Waals surface area contributed by atoms with Crippen molar-refractivity contribution in [2.24, 2.45) is 5.92 Å². The van der Waals surface area contributed by atoms with Crippen LogP contribution in [0.3, 0.4) is 0 Å². The quantitative estimate of drug-likeness (QED) is 0.615. The molecule has 1 heterocycles. The van der Waals surface area contributed by atoms with Gasteiger partial charge >= 0.3 is 12.1 Å². The molecule has 0 aromatic heterocycles. The van der Waals surface area contributed by atoms with Gasteiger partial charge in [0.2, 0.25) is 0 Å². The first-order valence-corrected chi connectivity index (χ1v) is 9.86. The van der Waals surface area contributed by atoms with E-state index in [2.05, 4.69) is 5.32 Å². The number of nitrogens with zero attached hydrogens (tertiary/aromatic N) is 1. The lowest BCUT2D eigenvalue weighted by Gasteiger charge is -2.27. The highest BCUT2D eigenvalue weighted by atomic mass is 16.7. The van der Waals surface area contributed by atoms with Gasteiger partial charge in [-0.15, -0.1) is 0 Å². The third kappa shape index (κ3) is 4.75. The summed E-state index contributed by atoms with van der Waals surface area (Å²) < 4.78 is 5.30. The zero-order chi connectivity index (χ0) is 21.2. The predicted molar refractivity (Wildman–Crippen MR) is 103 cm³/mol. The van der Waals surface area contributed by atoms with Crippen molar-refractivity contribution < 1.29 is 28.8 Å². The van der Waals surface area contributed by atoms with Gasteiger partial charge in [-0.3, -0.25) is 9.59 Å². The Balaban J connectivity index is 1.71. The zero-order valence-corrected chi connectivity index (χ0v) is 16.9. The Morgan fingerprint density at radius 2 is 1.59 bits per heavy atom. The van der Waals surface area contributed by atoms with E-state index in [0.717, 1.165) is 19.3 Å². The van der Waals surface area contributed by atoms with Crippen molar-refractivity contribution in [1.82, 2.24) is 10.4 Å². The van der Waals surface area contributed by atoms with Gasteiger partial charge in [-0.1, -0.05) is 36.5 Å². The standard InChI is InChI=1S/C21H26N2O6/c1-21(2,3)28-20(27)22-16-12-6-4-5-11-15(16)19(26)29-23-17(24)13-9-7-8-10-14(13)18(23)25/h7-10,15-16H,4-6,11-12H2,1-3H3,(H,22,27)/t15-,16+/m0/s1. The molecule has 0 bridgehead atoms. The smallest absolute Gasteiger partial charge is 0.407 e. The van der Waals surface area contributed by atoms with Crippen LogP contribution in [0.25, 0.3) is 0 Å². The molecular formula is C21H26N2O6. The van der Waals surface area contributed by atoms with E-state index in [1.807, 2.05) is 0 Å². The molecule has 8 heteroatoms. The monoisotopic (exact) mass is 402 g/mol. The summed E-state index contributed by atoms with van der Waals surface area (Å²) in [5.41, 5.74) is -0.255. The van der Waals surface area contributed by atoms with Crippen molar-refractivity contribution in [3.05, 3.63) is 35.4 Å². The van der Waals surface area contributed by atoms with Gasteiger partial charge in [0.1, 0.15) is 5.60 Å². The van der Waals surface area contributed by atoms with Crippen molar-refractivity contribution in [3.8, 4) is 0 Å². The lowest BCUT2D eigenvalue weighted by atomic mass is 9.95. The summed E-state index contributed by atoms with van der Waals surface area (Å²) in [6, 6.07) is 5.82. The molecule has 1 aliphatic carbocycles. The first-order valence-electron chi connectivity index (χ1n) is 9.86. The van der Waals surface area contributed by atoms with Gasteiger partial charge in [-0.2, -0.15) is 0 Å². The van der Waals surface area contributed by atoms with E-state index in [4.69, 9.17) is 9.57 Å². The largest absolute Gasteiger partial charge is 0.444 e. The van der Waals surface area contributed by atoms with Gasteiger partial charge in [-0.25, -0.2) is 9.59 Å². The van der Waals surface area contributed by atoms with Crippen LogP contribution >= 0.6 is 0 Å². The van der Waals surface area contributed by atoms with Crippen molar-refractivity contribution in [1.29, 1.82) is 0 Å². The normalized spacial score (nSPS) is 22.0. The van der Waals surface area contributed by atoms with Crippen LogP contribution in [-0.2, 0) is 14.4 Å². The van der Waals surface area contributed by atoms with Gasteiger partial charge in [0.25, 0.3) is 11.8 Å². The summed E-state index contributed by atoms with van der Waals surface area (Å²) in [7, 11) is 0. The van der Waals surface area contributed by atoms with E-state index in [-0.39, 0.29) is 11.1 Å². The molecule has 156 valence electrons. The Morgan fingerprint density at radius 3 is 2.17 bits per heavy atom. The van der Waals surface area contributed by atoms with Crippen LogP contribution in [0, 0.1) is 5.92 Å². The number of alkyl carbamates (subject to hydrolysis) is 1. The van der Waals surface area contributed by atoms with E-state index < -0.39 is 41.4 Å². The summed E-state index contributed by atoms with van der Waals surface area (Å²) in [4.78, 5) is 55.2. The maximum absolute atomic E-state index is 12.9. The molecule has 1 fully saturated rings. The van der Waals surface area contributed by atoms with E-state index in [1.165, 1.54) is 12.1 Å². The Kier molecular flexibility index (Phi) is 5.91. The molecule has 1 aliphatic heterocycles. The first kappa shape index (κ1) is 20.8. The second-order valence-electron chi connectivity index (χ2n) is 8.36. The van der Waals surface area contributed by atoms with Crippen LogP contribution < -0.4 is 5.32 Å². The number of amides is 3. The van der Waals surface area contributed by atoms with E-state index in [9.17, 15) is 19.2 Å². The summed E-state index contributed by atoms with van der Waals surface area (Å²) in [6.45, 7) is 5.27. The molecule has 8 nitrogen and oxygen atoms in total. The van der Waals surface area contributed by atoms with Gasteiger partial charge in [0.15, 0.2) is 0 Å². The molecule has 2 aliphatic rings. The van der Waals surface area contributed by atoms with E-state index in [1.54, 1.807) is 32.9 Å². The molecule has 0 radical (unpaired) electrons. The highest BCUT2D eigenvalue weighted by Crippen LogP contribution is 2.28. The molecule has 1 aromatic carbocycles. The first-order chi connectivity index (χ1) is 13.7. The Bertz CT molecular complexity index is 794. The highest BCUT2D eigenvalue weighted by molar-refractivity contribution is 6.20. The molecule has 29 heavy (non-hydrogen) atoms. The molecule has 0 saturated heterocycles. The summed E-state index contributed by atoms with van der Waals surface area (Å²) in [6.07, 6.45) is 3.02. The van der Waals surface area contributed by atoms with Gasteiger partial charge in [0.05, 0.1) is 17.0 Å². The van der Waals surface area contributed by atoms with Crippen LogP contribution in [-0.4, -0.2) is 40.6 Å². The molecule has 0 spiro atoms. The average Bonchev–Trinajstić information content (AvgIpc) is 2.80. The van der Waals surface area contributed by atoms with Gasteiger partial charge < -0.3 is 14.9 Å². The molecule has 3 rings (SSSR count). The topological polar surface area (TPSA) is 102 Å². The Hall–Kier alpha value is -2.90. The number of rotatable bonds is 3. The van der Waals surface area contributed by atoms with Gasteiger partial charge in [0, 0.05) is 6.04 Å². The Labute approximate surface area is 169 Å². The highest BCUT2D eigenvalue weighted by Gasteiger charge is 2.41. The third-order valence-electron chi connectivity index (χ3n) is 4.96. The maximum atomic E-state index is 12.9. The number of carbonyl (C=O) groups excluding carboxylic acids is 4. The number of fused-ring (bicyclic) bond motifs is 1. The number of nitrogens with one attached hydrogen (secondary N) is 1. The fourth-order valence-corrected chi connectivity index (χ4v) is 3.63. The van der Waals surface area contributed by atoms with Gasteiger partial charge in [-0.05, 0) is 45.7 Å². The number of carbonyl (C=O) groups is 4. The fourth-order valence-electron chi connectivity index (χ4n) is 3.63. The minimum atomic E-state index is -0.706. The van der Waals surface area contributed by atoms with Crippen LogP contribution in [0.5, 0.6) is 0 Å². The minimum absolute atomic E-state index is 0.203. The van der Waals surface area contributed by atoms with E-state index in [0.29, 0.717) is 17.9 Å². The molecular weight excluding hydrogens is 376 g/mol. The number of hydrogen-bond acceptors (Lipinski definition) is 6. The average molecular weight is 402 g/mol. The van der Waals surface area contributed by atoms with Crippen molar-refractivity contribution >= 4 is 23.9 Å². The number of hydrogen-bond donors (Lipinski definition) is 1. The molecule has 0 unspecified atom stereocenters. The molecule has 1 aromatic rings. The maximum Gasteiger partial charge on any atom is 0.407 e. The van der Waals surface area contributed by atoms with E-state index >= 15 is 0 Å². The summed E-state index contributed by atoms with van der Waals surface area (Å²) in [5, 5.41) is 3.28. The second kappa shape index (κ2) is 8.23. The van der Waals surface area contributed by atoms with Crippen molar-refractivity contribution in [2.45, 2.75) is 64.5 Å². The molecule has 3 amide bonds. The second-order valence-corrected chi connectivity index (χ2v) is 8.36. The van der Waals surface area contributed by atoms with Crippen LogP contribution in [0.2, 0.25) is 0 Å². The predicted octanol–water partition coefficient (Wildman–Crippen LogP) is 3.21. The fraction of sp³-hybridized carbons (Fsp3) is 0.524. The molecule has 1 saturated carbocycles. The van der Waals surface area contributed by atoms with Crippen molar-refractivity contribution in [3.63, 3.8) is 0 Å². The van der Waals surface area contributed by atoms with Crippen LogP contribution in [0.1, 0.15) is 73.6 Å². The van der Waals surface area contributed by atoms with Crippen LogP contribution in [0.15, 0.2) is 24.3 Å². The minimum Gasteiger partial charge on any atom is -0.444 e. The number of imide groups is 1. The zero-order valence-electron chi connectivity index (χ0n) is 16.9. The lowest BCUT2D eigenvalue weighted by Crippen LogP contribution is -2.47. The lowest BCUT2D eigenvalue weighted by molar-refractivity contribution is -0.175. The number of hydroxylamine groups is 2. The SMILES string of the molecule is CC(C)(C)OC(=O)N[C@@H]1CCCCC[C@@H]1C(=O)ON1C(=O)c2ccccc2C1=O. The third-order valence-corrected chi connectivity index (χ3v) is 4.96. The van der Waals surface area contributed by atoms with Crippen LogP contribution in [0.4, 0.5) is 4.79 Å². The Morgan fingerprint density at radius 1 is 1.00 bits per heavy atom. The molecule has 1 N–H and O–H groups in total. The number of benzene rings is 1. The summed E-state index contributed by atoms with van der Waals surface area (Å²) >= 11 is 0. The van der Waals surface area contributed by atoms with Crippen molar-refractivity contribution in [2.75, 3.05) is 0 Å². The summed E-state index contributed by atoms with van der Waals surface area (Å²) in [5.74, 6) is -2.70. The molecule has 2 atom stereocenters. The number of ether oxygens (including phenoxy) is 1.